The molecule has 0 radical (unpaired) electrons. The molecule has 2 heterocycles. The van der Waals surface area contributed by atoms with Crippen LogP contribution < -0.4 is 0 Å². The third-order valence-electron chi connectivity index (χ3n) is 1.84. The molecule has 0 unspecified atom stereocenters. The monoisotopic (exact) mass is 215 g/mol. The van der Waals surface area contributed by atoms with Crippen LogP contribution in [0.15, 0.2) is 24.5 Å². The molecule has 0 aliphatic heterocycles. The van der Waals surface area contributed by atoms with Gasteiger partial charge in [-0.1, -0.05) is 25.6 Å². The zero-order chi connectivity index (χ0) is 10.9. The van der Waals surface area contributed by atoms with E-state index in [2.05, 4.69) is 41.2 Å². The highest BCUT2D eigenvalue weighted by Crippen LogP contribution is 2.03. The predicted octanol–water partition coefficient (Wildman–Crippen LogP) is 1.96. The number of hydrogen-bond acceptors (Lipinski definition) is 2. The van der Waals surface area contributed by atoms with E-state index in [9.17, 15) is 0 Å². The van der Waals surface area contributed by atoms with Crippen LogP contribution >= 0.6 is 0 Å². The van der Waals surface area contributed by atoms with Gasteiger partial charge in [-0.05, 0) is 12.1 Å². The van der Waals surface area contributed by atoms with Gasteiger partial charge in [0.2, 0.25) is 0 Å². The molecular formula is C11H13N3Si. The summed E-state index contributed by atoms with van der Waals surface area (Å²) in [6.45, 7) is 6.66. The predicted molar refractivity (Wildman–Crippen MR) is 63.2 cm³/mol. The van der Waals surface area contributed by atoms with Crippen LogP contribution in [0.2, 0.25) is 19.6 Å². The van der Waals surface area contributed by atoms with Gasteiger partial charge in [0.1, 0.15) is 13.8 Å². The Bertz CT molecular complexity index is 540. The molecule has 0 aliphatic carbocycles. The lowest BCUT2D eigenvalue weighted by atomic mass is 10.5. The summed E-state index contributed by atoms with van der Waals surface area (Å²) in [6, 6.07) is 3.80. The molecule has 0 atom stereocenters. The molecule has 0 saturated heterocycles. The minimum atomic E-state index is -1.33. The molecule has 2 rings (SSSR count). The van der Waals surface area contributed by atoms with Gasteiger partial charge in [0.15, 0.2) is 5.65 Å². The van der Waals surface area contributed by atoms with Crippen molar-refractivity contribution in [3.8, 4) is 11.5 Å². The molecule has 2 aromatic rings. The number of imidazole rings is 1. The van der Waals surface area contributed by atoms with Crippen LogP contribution in [0.25, 0.3) is 5.65 Å². The second-order valence-corrected chi connectivity index (χ2v) is 9.19. The van der Waals surface area contributed by atoms with E-state index < -0.39 is 8.07 Å². The van der Waals surface area contributed by atoms with Gasteiger partial charge in [0.05, 0.1) is 6.20 Å². The fourth-order valence-electron chi connectivity index (χ4n) is 1.17. The van der Waals surface area contributed by atoms with Crippen molar-refractivity contribution in [3.05, 3.63) is 30.2 Å². The van der Waals surface area contributed by atoms with E-state index in [0.717, 1.165) is 11.3 Å². The summed E-state index contributed by atoms with van der Waals surface area (Å²) in [5, 5.41) is 4.21. The minimum absolute atomic E-state index is 0.845. The van der Waals surface area contributed by atoms with Gasteiger partial charge in [-0.25, -0.2) is 9.50 Å². The van der Waals surface area contributed by atoms with Gasteiger partial charge >= 0.3 is 0 Å². The van der Waals surface area contributed by atoms with Crippen molar-refractivity contribution in [1.82, 2.24) is 14.6 Å². The van der Waals surface area contributed by atoms with E-state index in [1.54, 1.807) is 16.9 Å². The topological polar surface area (TPSA) is 30.2 Å². The largest absolute Gasteiger partial charge is 0.234 e. The zero-order valence-corrected chi connectivity index (χ0v) is 10.2. The molecule has 0 amide bonds. The first kappa shape index (κ1) is 9.93. The molecule has 0 aliphatic rings. The molecule has 15 heavy (non-hydrogen) atoms. The van der Waals surface area contributed by atoms with Crippen molar-refractivity contribution in [2.75, 3.05) is 0 Å². The number of nitrogens with zero attached hydrogens (tertiary/aromatic N) is 3. The third kappa shape index (κ3) is 2.25. The van der Waals surface area contributed by atoms with Gasteiger partial charge in [-0.3, -0.25) is 0 Å². The summed E-state index contributed by atoms with van der Waals surface area (Å²) in [4.78, 5) is 4.23. The molecule has 0 aromatic carbocycles. The zero-order valence-electron chi connectivity index (χ0n) is 9.15. The lowest BCUT2D eigenvalue weighted by Gasteiger charge is -2.02. The summed E-state index contributed by atoms with van der Waals surface area (Å²) in [7, 11) is -1.33. The Balaban J connectivity index is 2.48. The van der Waals surface area contributed by atoms with E-state index in [1.807, 2.05) is 12.1 Å². The quantitative estimate of drug-likeness (QED) is 0.497. The first-order valence-electron chi connectivity index (χ1n) is 4.88. The van der Waals surface area contributed by atoms with E-state index in [-0.39, 0.29) is 0 Å². The minimum Gasteiger partial charge on any atom is -0.234 e. The van der Waals surface area contributed by atoms with E-state index in [1.165, 1.54) is 0 Å². The Kier molecular flexibility index (Phi) is 2.33. The van der Waals surface area contributed by atoms with Crippen LogP contribution in [-0.2, 0) is 0 Å². The molecule has 0 N–H and O–H groups in total. The van der Waals surface area contributed by atoms with Crippen LogP contribution in [0.5, 0.6) is 0 Å². The number of aromatic nitrogens is 3. The summed E-state index contributed by atoms with van der Waals surface area (Å²) in [5.74, 6) is 3.16. The van der Waals surface area contributed by atoms with Crippen LogP contribution in [0.4, 0.5) is 0 Å². The summed E-state index contributed by atoms with van der Waals surface area (Å²) in [5.41, 5.74) is 5.02. The van der Waals surface area contributed by atoms with E-state index in [4.69, 9.17) is 0 Å². The number of fused-ring (bicyclic) bond motifs is 1. The van der Waals surface area contributed by atoms with Gasteiger partial charge in [-0.2, -0.15) is 5.10 Å². The van der Waals surface area contributed by atoms with Gasteiger partial charge in [-0.15, -0.1) is 5.54 Å². The van der Waals surface area contributed by atoms with Gasteiger partial charge in [0.25, 0.3) is 0 Å². The molecule has 0 bridgehead atoms. The average Bonchev–Trinajstić information content (AvgIpc) is 2.57. The average molecular weight is 215 g/mol. The Labute approximate surface area is 90.2 Å². The molecule has 76 valence electrons. The Morgan fingerprint density at radius 1 is 1.33 bits per heavy atom. The van der Waals surface area contributed by atoms with E-state index in [0.29, 0.717) is 0 Å². The highest BCUT2D eigenvalue weighted by Gasteiger charge is 2.08. The number of hydrogen-bond donors (Lipinski definition) is 0. The van der Waals surface area contributed by atoms with Crippen molar-refractivity contribution < 1.29 is 0 Å². The number of rotatable bonds is 0. The molecule has 3 nitrogen and oxygen atoms in total. The fraction of sp³-hybridized carbons (Fsp3) is 0.273. The molecule has 0 saturated carbocycles. The normalized spacial score (nSPS) is 11.1. The van der Waals surface area contributed by atoms with Gasteiger partial charge in [0, 0.05) is 6.20 Å². The van der Waals surface area contributed by atoms with Gasteiger partial charge < -0.3 is 0 Å². The van der Waals surface area contributed by atoms with Crippen molar-refractivity contribution in [2.45, 2.75) is 19.6 Å². The molecule has 0 fully saturated rings. The lowest BCUT2D eigenvalue weighted by Crippen LogP contribution is -2.16. The van der Waals surface area contributed by atoms with Crippen LogP contribution in [0.1, 0.15) is 5.69 Å². The van der Waals surface area contributed by atoms with Crippen molar-refractivity contribution in [3.63, 3.8) is 0 Å². The van der Waals surface area contributed by atoms with Crippen LogP contribution in [0, 0.1) is 11.5 Å². The Hall–Kier alpha value is -1.60. The maximum absolute atomic E-state index is 4.23. The first-order chi connectivity index (χ1) is 7.06. The highest BCUT2D eigenvalue weighted by molar-refractivity contribution is 6.83. The van der Waals surface area contributed by atoms with Crippen molar-refractivity contribution in [1.29, 1.82) is 0 Å². The second kappa shape index (κ2) is 3.52. The maximum Gasteiger partial charge on any atom is 0.154 e. The Morgan fingerprint density at radius 2 is 2.13 bits per heavy atom. The lowest BCUT2D eigenvalue weighted by molar-refractivity contribution is 0.923. The summed E-state index contributed by atoms with van der Waals surface area (Å²) >= 11 is 0. The third-order valence-corrected chi connectivity index (χ3v) is 2.72. The van der Waals surface area contributed by atoms with E-state index >= 15 is 0 Å². The first-order valence-corrected chi connectivity index (χ1v) is 8.38. The van der Waals surface area contributed by atoms with Crippen molar-refractivity contribution in [2.24, 2.45) is 0 Å². The standard InChI is InChI=1S/C11H13N3Si/c1-15(2,3)8-6-10-9-12-11-5-4-7-13-14(10)11/h4-5,7,9H,1-3H3. The summed E-state index contributed by atoms with van der Waals surface area (Å²) in [6.07, 6.45) is 3.52. The second-order valence-electron chi connectivity index (χ2n) is 4.44. The summed E-state index contributed by atoms with van der Waals surface area (Å²) < 4.78 is 1.77. The highest BCUT2D eigenvalue weighted by atomic mass is 28.3. The molecule has 4 heteroatoms. The maximum atomic E-state index is 4.23. The van der Waals surface area contributed by atoms with Crippen LogP contribution in [0.3, 0.4) is 0 Å². The SMILES string of the molecule is C[Si](C)(C)C#Cc1cnc2cccnn12. The molecule has 2 aromatic heterocycles. The van der Waals surface area contributed by atoms with Crippen LogP contribution in [-0.4, -0.2) is 22.7 Å². The smallest absolute Gasteiger partial charge is 0.154 e. The Morgan fingerprint density at radius 3 is 2.87 bits per heavy atom. The fourth-order valence-corrected chi connectivity index (χ4v) is 1.67. The van der Waals surface area contributed by atoms with Crippen molar-refractivity contribution >= 4 is 13.7 Å². The molecular weight excluding hydrogens is 202 g/mol. The molecule has 0 spiro atoms.